The van der Waals surface area contributed by atoms with Gasteiger partial charge in [0.15, 0.2) is 23.2 Å². The van der Waals surface area contributed by atoms with E-state index in [0.717, 1.165) is 5.56 Å². The van der Waals surface area contributed by atoms with Crippen molar-refractivity contribution in [2.24, 2.45) is 0 Å². The van der Waals surface area contributed by atoms with Crippen molar-refractivity contribution in [3.8, 4) is 0 Å². The number of phosphoric acid groups is 3. The number of quaternary nitrogens is 3. The van der Waals surface area contributed by atoms with Gasteiger partial charge in [-0.3, -0.25) is 18.3 Å². The Bertz CT molecular complexity index is 1690. The number of hydrogen-bond donors (Lipinski definition) is 7. The molecule has 2 aromatic heterocycles. The lowest BCUT2D eigenvalue weighted by molar-refractivity contribution is -0.894. The molecule has 59 heavy (non-hydrogen) atoms. The SMILES string of the molecule is CC[NH+](CC)CC.CC[NH+](CC)CC.CC[NH+](CC)CC.O=P([O-])(O)OP(=O)([O-])OP(=O)([O-])OC[C@H]1O[C@@H](n2cnc3c(NCc4ccccc4)ncnc32)C(O)[C@H]1O. The molecule has 3 aromatic rings. The van der Waals surface area contributed by atoms with Gasteiger partial charge >= 0.3 is 0 Å². The topological polar surface area (TPSA) is 287 Å². The molecule has 0 spiro atoms. The summed E-state index contributed by atoms with van der Waals surface area (Å²) in [5.74, 6) is 0.365. The molecule has 1 aliphatic rings. The second kappa shape index (κ2) is 27.6. The number of benzene rings is 1. The minimum Gasteiger partial charge on any atom is -0.756 e. The van der Waals surface area contributed by atoms with Crippen LogP contribution in [-0.4, -0.2) is 118 Å². The van der Waals surface area contributed by atoms with Crippen molar-refractivity contribution < 1.29 is 76.1 Å². The van der Waals surface area contributed by atoms with E-state index in [1.165, 1.54) is 76.1 Å². The van der Waals surface area contributed by atoms with Crippen LogP contribution in [0, 0.1) is 0 Å². The zero-order valence-corrected chi connectivity index (χ0v) is 38.4. The zero-order chi connectivity index (χ0) is 44.8. The number of nitrogens with zero attached hydrogens (tertiary/aromatic N) is 4. The summed E-state index contributed by atoms with van der Waals surface area (Å²) in [6.45, 7) is 30.8. The Morgan fingerprint density at radius 3 is 1.66 bits per heavy atom. The summed E-state index contributed by atoms with van der Waals surface area (Å²) in [6.07, 6.45) is -3.76. The number of ether oxygens (including phenoxy) is 1. The molecule has 7 N–H and O–H groups in total. The van der Waals surface area contributed by atoms with Gasteiger partial charge in [-0.1, -0.05) is 30.3 Å². The number of aromatic nitrogens is 4. The van der Waals surface area contributed by atoms with Gasteiger partial charge in [0.25, 0.3) is 23.5 Å². The van der Waals surface area contributed by atoms with E-state index < -0.39 is 54.6 Å². The fourth-order valence-corrected chi connectivity index (χ4v) is 8.64. The molecule has 4 rings (SSSR count). The predicted molar refractivity (Wildman–Crippen MR) is 216 cm³/mol. The number of fused-ring (bicyclic) bond motifs is 1. The van der Waals surface area contributed by atoms with E-state index in [-0.39, 0.29) is 5.65 Å². The van der Waals surface area contributed by atoms with Crippen LogP contribution in [0.1, 0.15) is 74.1 Å². The fraction of sp³-hybridized carbons (Fsp3) is 0.686. The highest BCUT2D eigenvalue weighted by Gasteiger charge is 2.45. The highest BCUT2D eigenvalue weighted by molar-refractivity contribution is 7.65. The van der Waals surface area contributed by atoms with Gasteiger partial charge in [-0.15, -0.1) is 0 Å². The van der Waals surface area contributed by atoms with Gasteiger partial charge in [-0.05, 0) is 67.9 Å². The minimum atomic E-state index is -6.10. The molecule has 1 aliphatic heterocycles. The smallest absolute Gasteiger partial charge is 0.280 e. The first-order chi connectivity index (χ1) is 27.8. The number of rotatable bonds is 20. The van der Waals surface area contributed by atoms with E-state index in [9.17, 15) is 38.6 Å². The summed E-state index contributed by atoms with van der Waals surface area (Å²) in [6, 6.07) is 9.42. The van der Waals surface area contributed by atoms with Gasteiger partial charge in [0.05, 0.1) is 71.8 Å². The van der Waals surface area contributed by atoms with Crippen molar-refractivity contribution in [2.75, 3.05) is 70.8 Å². The van der Waals surface area contributed by atoms with E-state index in [2.05, 4.69) is 95.7 Å². The third-order valence-electron chi connectivity index (χ3n) is 9.57. The van der Waals surface area contributed by atoms with Crippen molar-refractivity contribution in [1.82, 2.24) is 19.5 Å². The van der Waals surface area contributed by atoms with Crippen LogP contribution in [0.4, 0.5) is 5.82 Å². The van der Waals surface area contributed by atoms with E-state index in [4.69, 9.17) is 9.63 Å². The third kappa shape index (κ3) is 20.0. The number of nitrogens with one attached hydrogen (secondary N) is 4. The lowest BCUT2D eigenvalue weighted by Gasteiger charge is -2.33. The van der Waals surface area contributed by atoms with Gasteiger partial charge in [-0.25, -0.2) is 23.6 Å². The average molecular weight is 901 g/mol. The molecule has 340 valence electrons. The lowest BCUT2D eigenvalue weighted by Crippen LogP contribution is -3.11. The summed E-state index contributed by atoms with van der Waals surface area (Å²) in [7, 11) is -17.8. The minimum absolute atomic E-state index is 0.196. The molecule has 1 fully saturated rings. The summed E-state index contributed by atoms with van der Waals surface area (Å²) >= 11 is 0. The Balaban J connectivity index is 0.000000678. The van der Waals surface area contributed by atoms with E-state index in [0.29, 0.717) is 17.9 Å². The molecule has 21 nitrogen and oxygen atoms in total. The van der Waals surface area contributed by atoms with E-state index >= 15 is 0 Å². The highest BCUT2D eigenvalue weighted by Crippen LogP contribution is 2.61. The van der Waals surface area contributed by atoms with Crippen LogP contribution in [-0.2, 0) is 38.1 Å². The van der Waals surface area contributed by atoms with E-state index in [1.807, 2.05) is 30.3 Å². The first-order valence-corrected chi connectivity index (χ1v) is 24.4. The van der Waals surface area contributed by atoms with Gasteiger partial charge in [-0.2, -0.15) is 0 Å². The van der Waals surface area contributed by atoms with Crippen LogP contribution in [0.2, 0.25) is 0 Å². The average Bonchev–Trinajstić information content (AvgIpc) is 3.75. The van der Waals surface area contributed by atoms with Crippen molar-refractivity contribution in [3.63, 3.8) is 0 Å². The van der Waals surface area contributed by atoms with Crippen molar-refractivity contribution in [1.29, 1.82) is 0 Å². The van der Waals surface area contributed by atoms with Crippen LogP contribution < -0.4 is 34.7 Å². The first-order valence-electron chi connectivity index (χ1n) is 20.0. The predicted octanol–water partition coefficient (Wildman–Crippen LogP) is -1.70. The van der Waals surface area contributed by atoms with Gasteiger partial charge in [0, 0.05) is 6.54 Å². The molecule has 7 atom stereocenters. The van der Waals surface area contributed by atoms with Crippen molar-refractivity contribution in [3.05, 3.63) is 48.5 Å². The molecule has 1 saturated heterocycles. The van der Waals surface area contributed by atoms with Gasteiger partial charge < -0.3 is 59.1 Å². The first kappa shape index (κ1) is 54.8. The summed E-state index contributed by atoms with van der Waals surface area (Å²) in [5.41, 5.74) is 1.47. The van der Waals surface area contributed by atoms with E-state index in [1.54, 1.807) is 14.7 Å². The monoisotopic (exact) mass is 900 g/mol. The van der Waals surface area contributed by atoms with Crippen LogP contribution in [0.3, 0.4) is 0 Å². The maximum Gasteiger partial charge on any atom is 0.280 e. The molecular weight excluding hydrogens is 833 g/mol. The molecule has 0 saturated carbocycles. The quantitative estimate of drug-likeness (QED) is 0.0622. The van der Waals surface area contributed by atoms with Crippen LogP contribution in [0.25, 0.3) is 11.2 Å². The number of anilines is 1. The third-order valence-corrected chi connectivity index (χ3v) is 13.3. The van der Waals surface area contributed by atoms with Gasteiger partial charge in [0.2, 0.25) is 0 Å². The van der Waals surface area contributed by atoms with Crippen molar-refractivity contribution >= 4 is 40.4 Å². The largest absolute Gasteiger partial charge is 0.756 e. The number of imidazole rings is 1. The lowest BCUT2D eigenvalue weighted by atomic mass is 10.1. The van der Waals surface area contributed by atoms with Crippen LogP contribution >= 0.6 is 23.5 Å². The molecule has 0 radical (unpaired) electrons. The maximum atomic E-state index is 11.8. The molecule has 3 heterocycles. The Morgan fingerprint density at radius 2 is 1.22 bits per heavy atom. The summed E-state index contributed by atoms with van der Waals surface area (Å²) in [4.78, 5) is 59.6. The molecule has 4 unspecified atom stereocenters. The number of aliphatic hydroxyl groups excluding tert-OH is 2. The second-order valence-corrected chi connectivity index (χ2v) is 17.5. The Morgan fingerprint density at radius 1 is 0.729 bits per heavy atom. The number of phosphoric ester groups is 1. The molecule has 0 amide bonds. The fourth-order valence-electron chi connectivity index (χ4n) is 5.75. The number of hydrogen-bond acceptors (Lipinski definition) is 16. The molecule has 0 bridgehead atoms. The molecule has 1 aromatic carbocycles. The Kier molecular flexibility index (Phi) is 25.6. The highest BCUT2D eigenvalue weighted by atomic mass is 31.3. The Labute approximate surface area is 348 Å². The molecule has 0 aliphatic carbocycles. The second-order valence-electron chi connectivity index (χ2n) is 13.2. The van der Waals surface area contributed by atoms with Crippen molar-refractivity contribution in [2.45, 2.75) is 93.4 Å². The number of aliphatic hydroxyl groups is 2. The van der Waals surface area contributed by atoms with Crippen LogP contribution in [0.15, 0.2) is 43.0 Å². The standard InChI is InChI=1S/C17H22N5O13P3.3C6H15N/c23-13-11(7-32-37(28,29)35-38(30,31)34-36(25,26)27)33-17(14(13)24)22-9-21-12-15(19-8-20-16(12)22)18-6-10-4-2-1-3-5-10;3*1-4-7(5-2)6-3/h1-5,8-9,11,13-14,17,23-24H,6-7H2,(H,28,29)(H,30,31)(H,18,19,20)(H2,25,26,27);3*4-6H2,1-3H3/t11-,13+,14?,17-;;;/m1.../s1. The zero-order valence-electron chi connectivity index (χ0n) is 35.7. The molecule has 24 heteroatoms. The molecular formula is C35H67N8O13P3. The summed E-state index contributed by atoms with van der Waals surface area (Å²) < 4.78 is 51.4. The van der Waals surface area contributed by atoms with Gasteiger partial charge in [0.1, 0.15) is 24.6 Å². The maximum absolute atomic E-state index is 11.8. The summed E-state index contributed by atoms with van der Waals surface area (Å²) in [5, 5.41) is 23.9. The Hall–Kier alpha value is -2.26. The van der Waals surface area contributed by atoms with Crippen LogP contribution in [0.5, 0.6) is 0 Å². The normalized spacial score (nSPS) is 20.7.